The first-order valence-corrected chi connectivity index (χ1v) is 26.4. The molecule has 0 bridgehead atoms. The highest BCUT2D eigenvalue weighted by molar-refractivity contribution is 6.13. The molecule has 20 nitrogen and oxygen atoms in total. The van der Waals surface area contributed by atoms with Gasteiger partial charge in [0.1, 0.15) is 29.8 Å². The summed E-state index contributed by atoms with van der Waals surface area (Å²) in [6.07, 6.45) is 5.22. The number of halogens is 2. The first kappa shape index (κ1) is 62.4. The highest BCUT2D eigenvalue weighted by Gasteiger charge is 2.41. The minimum Gasteiger partial charge on any atom is -0.387 e. The van der Waals surface area contributed by atoms with Crippen LogP contribution < -0.4 is 10.6 Å². The monoisotopic (exact) mass is 1080 g/mol. The van der Waals surface area contributed by atoms with Crippen molar-refractivity contribution in [1.29, 1.82) is 0 Å². The summed E-state index contributed by atoms with van der Waals surface area (Å²) in [6, 6.07) is 11.8. The summed E-state index contributed by atoms with van der Waals surface area (Å²) < 4.78 is 75.7. The molecule has 1 aromatic heterocycles. The maximum atomic E-state index is 15.2. The summed E-state index contributed by atoms with van der Waals surface area (Å²) >= 11 is 0. The number of aromatic nitrogens is 2. The minimum absolute atomic E-state index is 0.0117. The van der Waals surface area contributed by atoms with Crippen molar-refractivity contribution in [1.82, 2.24) is 30.0 Å². The van der Waals surface area contributed by atoms with E-state index < -0.39 is 35.6 Å². The van der Waals surface area contributed by atoms with Crippen LogP contribution in [0.1, 0.15) is 63.9 Å². The number of hydrogen-bond acceptors (Lipinski definition) is 16. The quantitative estimate of drug-likeness (QED) is 0.0545. The van der Waals surface area contributed by atoms with Crippen molar-refractivity contribution in [2.75, 3.05) is 138 Å². The fourth-order valence-corrected chi connectivity index (χ4v) is 8.63. The number of amides is 4. The van der Waals surface area contributed by atoms with Gasteiger partial charge in [-0.25, -0.2) is 13.8 Å². The first-order chi connectivity index (χ1) is 37.2. The van der Waals surface area contributed by atoms with Gasteiger partial charge in [-0.2, -0.15) is 0 Å². The van der Waals surface area contributed by atoms with E-state index in [1.165, 1.54) is 12.2 Å². The van der Waals surface area contributed by atoms with E-state index in [0.717, 1.165) is 28.7 Å². The van der Waals surface area contributed by atoms with Crippen molar-refractivity contribution in [3.05, 3.63) is 89.9 Å². The van der Waals surface area contributed by atoms with Crippen LogP contribution in [0.2, 0.25) is 0 Å². The molecule has 3 atom stereocenters. The molecular formula is C55H78F2N6O14. The maximum Gasteiger partial charge on any atom is 0.253 e. The molecule has 2 aliphatic heterocycles. The molecule has 5 rings (SSSR count). The average molecular weight is 1090 g/mol. The number of aliphatic hydroxyl groups is 1. The summed E-state index contributed by atoms with van der Waals surface area (Å²) in [7, 11) is 0. The third-order valence-electron chi connectivity index (χ3n) is 12.5. The summed E-state index contributed by atoms with van der Waals surface area (Å²) in [5.74, 6) is -2.56. The number of ketones is 1. The number of carbonyl (C=O) groups excluding carboxylic acids is 5. The van der Waals surface area contributed by atoms with E-state index in [0.29, 0.717) is 137 Å². The van der Waals surface area contributed by atoms with E-state index in [-0.39, 0.29) is 79.3 Å². The molecule has 3 heterocycles. The van der Waals surface area contributed by atoms with Crippen LogP contribution in [-0.2, 0) is 68.4 Å². The van der Waals surface area contributed by atoms with Crippen LogP contribution in [0.5, 0.6) is 0 Å². The van der Waals surface area contributed by atoms with Gasteiger partial charge in [0.2, 0.25) is 11.8 Å². The van der Waals surface area contributed by atoms with E-state index >= 15 is 4.39 Å². The highest BCUT2D eigenvalue weighted by atomic mass is 19.1. The van der Waals surface area contributed by atoms with Crippen LogP contribution in [0.3, 0.4) is 0 Å². The molecule has 0 radical (unpaired) electrons. The SMILES string of the molecule is CC(C)(C)[C@H](c1nc(-c2cc(F)ccc2F)cn1Cc1ccccc1)N(CC1CNCC1NC(=O)CCOCCOCCOCCOCCOCCOCCOCCOCCCC(=O)CCN1C(=O)C=CC1=O)C(=O)CO. The second kappa shape index (κ2) is 34.5. The lowest BCUT2D eigenvalue weighted by atomic mass is 9.84. The zero-order chi connectivity index (χ0) is 55.3. The van der Waals surface area contributed by atoms with Gasteiger partial charge in [0, 0.05) is 94.5 Å². The zero-order valence-electron chi connectivity index (χ0n) is 44.8. The molecule has 0 spiro atoms. The largest absolute Gasteiger partial charge is 0.387 e. The molecule has 1 fully saturated rings. The van der Waals surface area contributed by atoms with Gasteiger partial charge >= 0.3 is 0 Å². The Bertz CT molecular complexity index is 2280. The van der Waals surface area contributed by atoms with Crippen LogP contribution >= 0.6 is 0 Å². The first-order valence-electron chi connectivity index (χ1n) is 26.4. The molecule has 0 aliphatic carbocycles. The third-order valence-corrected chi connectivity index (χ3v) is 12.5. The predicted octanol–water partition coefficient (Wildman–Crippen LogP) is 3.68. The van der Waals surface area contributed by atoms with Gasteiger partial charge in [0.05, 0.1) is 111 Å². The minimum atomic E-state index is -0.761. The van der Waals surface area contributed by atoms with Crippen LogP contribution in [-0.4, -0.2) is 198 Å². The number of imide groups is 1. The highest BCUT2D eigenvalue weighted by Crippen LogP contribution is 2.40. The van der Waals surface area contributed by atoms with Crippen molar-refractivity contribution in [2.45, 2.75) is 65.1 Å². The van der Waals surface area contributed by atoms with Gasteiger partial charge in [-0.3, -0.25) is 28.9 Å². The Morgan fingerprint density at radius 3 is 1.83 bits per heavy atom. The Hall–Kier alpha value is -5.40. The number of carbonyl (C=O) groups is 5. The molecule has 4 amide bonds. The van der Waals surface area contributed by atoms with E-state index in [4.69, 9.17) is 42.9 Å². The van der Waals surface area contributed by atoms with Crippen molar-refractivity contribution < 1.29 is 75.8 Å². The number of nitrogens with zero attached hydrogens (tertiary/aromatic N) is 4. The molecule has 2 aliphatic rings. The molecule has 0 saturated carbocycles. The van der Waals surface area contributed by atoms with Crippen molar-refractivity contribution >= 4 is 29.4 Å². The Morgan fingerprint density at radius 2 is 1.29 bits per heavy atom. The van der Waals surface area contributed by atoms with Crippen molar-refractivity contribution in [2.24, 2.45) is 11.3 Å². The molecule has 1 saturated heterocycles. The summed E-state index contributed by atoms with van der Waals surface area (Å²) in [6.45, 7) is 12.8. The zero-order valence-corrected chi connectivity index (χ0v) is 44.8. The number of Topliss-reactive ketones (excluding diaryl/α,β-unsaturated/α-hetero) is 1. The fourth-order valence-electron chi connectivity index (χ4n) is 8.63. The number of ether oxygens (including phenoxy) is 8. The lowest BCUT2D eigenvalue weighted by Gasteiger charge is -2.41. The molecular weight excluding hydrogens is 1010 g/mol. The molecule has 426 valence electrons. The summed E-state index contributed by atoms with van der Waals surface area (Å²) in [5.41, 5.74) is 0.481. The van der Waals surface area contributed by atoms with Gasteiger partial charge in [0.25, 0.3) is 11.8 Å². The standard InChI is InChI=1S/C55H78F2N6O14/c1-55(2,3)53(54-60-48(45-34-43(56)11-12-46(45)57)39-61(54)37-41-8-5-4-6-9-41)63(52(69)40-64)38-42-35-58-36-47(42)59-49(66)16-19-71-21-23-73-25-27-75-29-31-77-33-32-76-30-28-74-26-24-72-22-20-70-18-7-10-44(65)15-17-62-50(67)13-14-51(62)68/h4-6,8-9,11-14,34,39,42,47,53,58,64H,7,10,15-33,35-38,40H2,1-3H3,(H,59,66)/t42?,47?,53-/m0/s1. The van der Waals surface area contributed by atoms with Crippen LogP contribution in [0.4, 0.5) is 8.78 Å². The third kappa shape index (κ3) is 22.5. The molecule has 77 heavy (non-hydrogen) atoms. The lowest BCUT2D eigenvalue weighted by molar-refractivity contribution is -0.141. The molecule has 3 aromatic rings. The van der Waals surface area contributed by atoms with E-state index in [2.05, 4.69) is 10.6 Å². The Morgan fingerprint density at radius 1 is 0.740 bits per heavy atom. The average Bonchev–Trinajstić information content (AvgIpc) is 4.14. The second-order valence-corrected chi connectivity index (χ2v) is 19.5. The van der Waals surface area contributed by atoms with E-state index in [1.54, 1.807) is 11.1 Å². The predicted molar refractivity (Wildman–Crippen MR) is 278 cm³/mol. The topological polar surface area (TPSA) is 228 Å². The van der Waals surface area contributed by atoms with Crippen molar-refractivity contribution in [3.63, 3.8) is 0 Å². The van der Waals surface area contributed by atoms with Crippen LogP contribution in [0, 0.1) is 23.0 Å². The second-order valence-electron chi connectivity index (χ2n) is 19.5. The fraction of sp³-hybridized carbons (Fsp3) is 0.600. The number of benzene rings is 2. The Balaban J connectivity index is 0.862. The molecule has 2 aromatic carbocycles. The Kier molecular flexibility index (Phi) is 28.0. The number of hydrogen-bond donors (Lipinski definition) is 3. The van der Waals surface area contributed by atoms with Crippen LogP contribution in [0.15, 0.2) is 66.9 Å². The summed E-state index contributed by atoms with van der Waals surface area (Å²) in [4.78, 5) is 69.5. The molecule has 3 N–H and O–H groups in total. The summed E-state index contributed by atoms with van der Waals surface area (Å²) in [5, 5.41) is 16.7. The van der Waals surface area contributed by atoms with Crippen LogP contribution in [0.25, 0.3) is 11.3 Å². The number of imidazole rings is 1. The number of rotatable bonds is 40. The van der Waals surface area contributed by atoms with E-state index in [1.807, 2.05) is 55.7 Å². The van der Waals surface area contributed by atoms with Gasteiger partial charge in [-0.15, -0.1) is 0 Å². The van der Waals surface area contributed by atoms with E-state index in [9.17, 15) is 33.5 Å². The number of aliphatic hydroxyl groups excluding tert-OH is 1. The van der Waals surface area contributed by atoms with Gasteiger partial charge < -0.3 is 63.1 Å². The normalized spacial score (nSPS) is 15.9. The number of nitrogens with one attached hydrogen (secondary N) is 2. The van der Waals surface area contributed by atoms with Gasteiger partial charge in [-0.05, 0) is 35.6 Å². The van der Waals surface area contributed by atoms with Gasteiger partial charge in [0.15, 0.2) is 0 Å². The Labute approximate surface area is 450 Å². The molecule has 22 heteroatoms. The van der Waals surface area contributed by atoms with Crippen molar-refractivity contribution in [3.8, 4) is 11.3 Å². The molecule has 2 unspecified atom stereocenters. The maximum absolute atomic E-state index is 15.2. The smallest absolute Gasteiger partial charge is 0.253 e. The lowest BCUT2D eigenvalue weighted by Crippen LogP contribution is -2.50. The van der Waals surface area contributed by atoms with Gasteiger partial charge in [-0.1, -0.05) is 51.1 Å².